The SMILES string of the molecule is O=C(C1CCOC2(CCC2)C1)C12CC3CC(CC(C3)C1)C2. The fraction of sp³-hybridized carbons (Fsp3) is 0.947. The van der Waals surface area contributed by atoms with E-state index < -0.39 is 0 Å². The lowest BCUT2D eigenvalue weighted by molar-refractivity contribution is -0.170. The summed E-state index contributed by atoms with van der Waals surface area (Å²) in [4.78, 5) is 13.4. The van der Waals surface area contributed by atoms with Gasteiger partial charge in [0, 0.05) is 17.9 Å². The first-order valence-electron chi connectivity index (χ1n) is 9.35. The zero-order valence-electron chi connectivity index (χ0n) is 13.1. The van der Waals surface area contributed by atoms with E-state index in [9.17, 15) is 4.79 Å². The zero-order valence-corrected chi connectivity index (χ0v) is 13.1. The van der Waals surface area contributed by atoms with Crippen LogP contribution in [-0.2, 0) is 9.53 Å². The highest BCUT2D eigenvalue weighted by Gasteiger charge is 2.56. The molecule has 6 fully saturated rings. The van der Waals surface area contributed by atoms with Gasteiger partial charge in [0.05, 0.1) is 5.60 Å². The van der Waals surface area contributed by atoms with Gasteiger partial charge in [0.2, 0.25) is 0 Å². The molecule has 1 heterocycles. The van der Waals surface area contributed by atoms with Crippen molar-refractivity contribution >= 4 is 5.78 Å². The standard InChI is InChI=1S/C19H28O2/c20-17(16-2-5-21-19(12-16)3-1-4-19)18-9-13-6-14(10-18)8-15(7-13)11-18/h13-16H,1-12H2. The Hall–Kier alpha value is -0.370. The van der Waals surface area contributed by atoms with Crippen molar-refractivity contribution in [3.63, 3.8) is 0 Å². The maximum Gasteiger partial charge on any atom is 0.142 e. The monoisotopic (exact) mass is 288 g/mol. The van der Waals surface area contributed by atoms with Gasteiger partial charge in [0.1, 0.15) is 5.78 Å². The quantitative estimate of drug-likeness (QED) is 0.764. The van der Waals surface area contributed by atoms with Crippen LogP contribution in [-0.4, -0.2) is 18.0 Å². The smallest absolute Gasteiger partial charge is 0.142 e. The second kappa shape index (κ2) is 4.34. The van der Waals surface area contributed by atoms with Crippen LogP contribution in [0.5, 0.6) is 0 Å². The third kappa shape index (κ3) is 1.90. The van der Waals surface area contributed by atoms with Gasteiger partial charge in [-0.3, -0.25) is 4.79 Å². The van der Waals surface area contributed by atoms with Crippen LogP contribution < -0.4 is 0 Å². The van der Waals surface area contributed by atoms with Gasteiger partial charge in [-0.25, -0.2) is 0 Å². The summed E-state index contributed by atoms with van der Waals surface area (Å²) in [6.45, 7) is 0.836. The Morgan fingerprint density at radius 3 is 2.05 bits per heavy atom. The second-order valence-corrected chi connectivity index (χ2v) is 9.14. The predicted molar refractivity (Wildman–Crippen MR) is 80.9 cm³/mol. The molecule has 116 valence electrons. The Labute approximate surface area is 128 Å². The van der Waals surface area contributed by atoms with E-state index in [-0.39, 0.29) is 11.0 Å². The molecule has 5 saturated carbocycles. The Bertz CT molecular complexity index is 427. The molecular formula is C19H28O2. The van der Waals surface area contributed by atoms with Crippen LogP contribution in [0.1, 0.15) is 70.6 Å². The summed E-state index contributed by atoms with van der Waals surface area (Å²) in [5, 5.41) is 0. The second-order valence-electron chi connectivity index (χ2n) is 9.14. The van der Waals surface area contributed by atoms with E-state index in [1.54, 1.807) is 0 Å². The van der Waals surface area contributed by atoms with E-state index in [0.717, 1.165) is 37.2 Å². The summed E-state index contributed by atoms with van der Waals surface area (Å²) < 4.78 is 6.05. The first-order chi connectivity index (χ1) is 10.2. The molecule has 1 aliphatic heterocycles. The molecule has 2 heteroatoms. The van der Waals surface area contributed by atoms with E-state index in [2.05, 4.69) is 0 Å². The Morgan fingerprint density at radius 1 is 0.905 bits per heavy atom. The molecule has 2 nitrogen and oxygen atoms in total. The van der Waals surface area contributed by atoms with Crippen LogP contribution in [0.15, 0.2) is 0 Å². The van der Waals surface area contributed by atoms with Gasteiger partial charge >= 0.3 is 0 Å². The van der Waals surface area contributed by atoms with Gasteiger partial charge < -0.3 is 4.74 Å². The number of rotatable bonds is 2. The molecule has 1 spiro atoms. The average molecular weight is 288 g/mol. The van der Waals surface area contributed by atoms with Gasteiger partial charge in [-0.05, 0) is 88.4 Å². The molecular weight excluding hydrogens is 260 g/mol. The van der Waals surface area contributed by atoms with Crippen molar-refractivity contribution in [1.82, 2.24) is 0 Å². The third-order valence-corrected chi connectivity index (χ3v) is 7.69. The van der Waals surface area contributed by atoms with Gasteiger partial charge in [-0.1, -0.05) is 0 Å². The molecule has 0 aromatic rings. The highest BCUT2D eigenvalue weighted by atomic mass is 16.5. The topological polar surface area (TPSA) is 26.3 Å². The van der Waals surface area contributed by atoms with Gasteiger partial charge in [0.15, 0.2) is 0 Å². The molecule has 21 heavy (non-hydrogen) atoms. The van der Waals surface area contributed by atoms with E-state index in [4.69, 9.17) is 4.74 Å². The van der Waals surface area contributed by atoms with Crippen LogP contribution in [0.25, 0.3) is 0 Å². The van der Waals surface area contributed by atoms with Crippen molar-refractivity contribution < 1.29 is 9.53 Å². The van der Waals surface area contributed by atoms with Gasteiger partial charge in [0.25, 0.3) is 0 Å². The molecule has 1 saturated heterocycles. The normalized spacial score (nSPS) is 50.1. The number of Topliss-reactive ketones (excluding diaryl/α,β-unsaturated/α-hetero) is 1. The largest absolute Gasteiger partial charge is 0.375 e. The van der Waals surface area contributed by atoms with E-state index in [1.165, 1.54) is 57.8 Å². The molecule has 1 unspecified atom stereocenters. The van der Waals surface area contributed by atoms with Crippen LogP contribution >= 0.6 is 0 Å². The maximum atomic E-state index is 13.4. The minimum atomic E-state index is 0.113. The van der Waals surface area contributed by atoms with Crippen molar-refractivity contribution in [2.75, 3.05) is 6.61 Å². The Balaban J connectivity index is 1.38. The molecule has 0 amide bonds. The van der Waals surface area contributed by atoms with Crippen molar-refractivity contribution in [3.8, 4) is 0 Å². The number of hydrogen-bond acceptors (Lipinski definition) is 2. The fourth-order valence-electron chi connectivity index (χ4n) is 7.02. The fourth-order valence-corrected chi connectivity index (χ4v) is 7.02. The highest BCUT2D eigenvalue weighted by molar-refractivity contribution is 5.87. The lowest BCUT2D eigenvalue weighted by Gasteiger charge is -2.57. The molecule has 0 radical (unpaired) electrons. The van der Waals surface area contributed by atoms with Crippen LogP contribution in [0.2, 0.25) is 0 Å². The molecule has 0 aromatic heterocycles. The number of carbonyl (C=O) groups excluding carboxylic acids is 1. The molecule has 5 aliphatic carbocycles. The van der Waals surface area contributed by atoms with Crippen molar-refractivity contribution in [1.29, 1.82) is 0 Å². The number of hydrogen-bond donors (Lipinski definition) is 0. The first-order valence-corrected chi connectivity index (χ1v) is 9.35. The van der Waals surface area contributed by atoms with Gasteiger partial charge in [-0.15, -0.1) is 0 Å². The number of ketones is 1. The molecule has 6 rings (SSSR count). The van der Waals surface area contributed by atoms with E-state index >= 15 is 0 Å². The van der Waals surface area contributed by atoms with Gasteiger partial charge in [-0.2, -0.15) is 0 Å². The highest BCUT2D eigenvalue weighted by Crippen LogP contribution is 2.61. The van der Waals surface area contributed by atoms with Crippen molar-refractivity contribution in [3.05, 3.63) is 0 Å². The number of carbonyl (C=O) groups is 1. The van der Waals surface area contributed by atoms with Crippen LogP contribution in [0.4, 0.5) is 0 Å². The first kappa shape index (κ1) is 13.1. The summed E-state index contributed by atoms with van der Waals surface area (Å²) in [6, 6.07) is 0. The Kier molecular flexibility index (Phi) is 2.71. The summed E-state index contributed by atoms with van der Waals surface area (Å²) in [5.74, 6) is 3.67. The lowest BCUT2D eigenvalue weighted by Crippen LogP contribution is -2.54. The lowest BCUT2D eigenvalue weighted by atomic mass is 9.47. The third-order valence-electron chi connectivity index (χ3n) is 7.69. The molecule has 0 aromatic carbocycles. The number of ether oxygens (including phenoxy) is 1. The zero-order chi connectivity index (χ0) is 14.1. The summed E-state index contributed by atoms with van der Waals surface area (Å²) >= 11 is 0. The minimum Gasteiger partial charge on any atom is -0.375 e. The minimum absolute atomic E-state index is 0.113. The van der Waals surface area contributed by atoms with Crippen LogP contribution in [0, 0.1) is 29.1 Å². The summed E-state index contributed by atoms with van der Waals surface area (Å²) in [6.07, 6.45) is 13.8. The van der Waals surface area contributed by atoms with Crippen molar-refractivity contribution in [2.24, 2.45) is 29.1 Å². The molecule has 1 atom stereocenters. The molecule has 0 N–H and O–H groups in total. The maximum absolute atomic E-state index is 13.4. The van der Waals surface area contributed by atoms with Crippen LogP contribution in [0.3, 0.4) is 0 Å². The van der Waals surface area contributed by atoms with Crippen molar-refractivity contribution in [2.45, 2.75) is 76.2 Å². The summed E-state index contributed by atoms with van der Waals surface area (Å²) in [7, 11) is 0. The average Bonchev–Trinajstić information content (AvgIpc) is 2.43. The summed E-state index contributed by atoms with van der Waals surface area (Å²) in [5.41, 5.74) is 0.239. The predicted octanol–water partition coefficient (Wildman–Crippen LogP) is 4.12. The molecule has 6 aliphatic rings. The Morgan fingerprint density at radius 2 is 1.52 bits per heavy atom. The molecule has 4 bridgehead atoms. The van der Waals surface area contributed by atoms with E-state index in [1.807, 2.05) is 0 Å². The van der Waals surface area contributed by atoms with E-state index in [0.29, 0.717) is 11.7 Å².